The van der Waals surface area contributed by atoms with Gasteiger partial charge in [-0.3, -0.25) is 0 Å². The molecule has 23 heavy (non-hydrogen) atoms. The van der Waals surface area contributed by atoms with E-state index in [1.807, 2.05) is 6.07 Å². The topological polar surface area (TPSA) is 15.3 Å². The van der Waals surface area contributed by atoms with Gasteiger partial charge in [0.25, 0.3) is 0 Å². The van der Waals surface area contributed by atoms with Crippen molar-refractivity contribution in [2.24, 2.45) is 5.41 Å². The highest BCUT2D eigenvalue weighted by Crippen LogP contribution is 2.29. The molecule has 0 unspecified atom stereocenters. The highest BCUT2D eigenvalue weighted by molar-refractivity contribution is 5.49. The van der Waals surface area contributed by atoms with E-state index in [1.165, 1.54) is 11.4 Å². The van der Waals surface area contributed by atoms with Gasteiger partial charge in [-0.25, -0.2) is 0 Å². The minimum Gasteiger partial charge on any atom is -0.384 e. The lowest BCUT2D eigenvalue weighted by Gasteiger charge is -2.43. The molecule has 0 aromatic heterocycles. The summed E-state index contributed by atoms with van der Waals surface area (Å²) in [5.41, 5.74) is 2.71. The maximum atomic E-state index is 3.57. The van der Waals surface area contributed by atoms with Gasteiger partial charge in [0.1, 0.15) is 0 Å². The molecule has 0 radical (unpaired) electrons. The molecular formula is C21H30N2. The van der Waals surface area contributed by atoms with Crippen LogP contribution >= 0.6 is 0 Å². The van der Waals surface area contributed by atoms with Crippen molar-refractivity contribution in [3.05, 3.63) is 60.7 Å². The number of anilines is 2. The fraction of sp³-hybridized carbons (Fsp3) is 0.429. The van der Waals surface area contributed by atoms with Gasteiger partial charge >= 0.3 is 0 Å². The van der Waals surface area contributed by atoms with Crippen LogP contribution in [0.2, 0.25) is 0 Å². The van der Waals surface area contributed by atoms with Crippen molar-refractivity contribution >= 4 is 11.4 Å². The molecule has 0 bridgehead atoms. The minimum atomic E-state index is 0.0887. The lowest BCUT2D eigenvalue weighted by molar-refractivity contribution is 0.350. The van der Waals surface area contributed by atoms with Crippen LogP contribution in [0.25, 0.3) is 0 Å². The summed E-state index contributed by atoms with van der Waals surface area (Å²) < 4.78 is 0. The van der Waals surface area contributed by atoms with E-state index in [4.69, 9.17) is 0 Å². The first-order chi connectivity index (χ1) is 10.8. The summed E-state index contributed by atoms with van der Waals surface area (Å²) in [6.07, 6.45) is 0. The van der Waals surface area contributed by atoms with Crippen molar-refractivity contribution < 1.29 is 0 Å². The average Bonchev–Trinajstić information content (AvgIpc) is 2.52. The highest BCUT2D eigenvalue weighted by atomic mass is 15.2. The van der Waals surface area contributed by atoms with Gasteiger partial charge in [0.05, 0.1) is 0 Å². The number of hydrogen-bond donors (Lipinski definition) is 1. The summed E-state index contributed by atoms with van der Waals surface area (Å²) in [6.45, 7) is 13.4. The van der Waals surface area contributed by atoms with Crippen molar-refractivity contribution in [3.63, 3.8) is 0 Å². The van der Waals surface area contributed by atoms with E-state index in [0.29, 0.717) is 0 Å². The fourth-order valence-corrected chi connectivity index (χ4v) is 2.70. The Morgan fingerprint density at radius 3 is 1.83 bits per heavy atom. The normalized spacial score (nSPS) is 12.0. The van der Waals surface area contributed by atoms with Crippen LogP contribution in [-0.2, 0) is 0 Å². The van der Waals surface area contributed by atoms with Crippen LogP contribution in [-0.4, -0.2) is 18.6 Å². The number of nitrogens with zero attached hydrogens (tertiary/aromatic N) is 1. The van der Waals surface area contributed by atoms with Crippen LogP contribution < -0.4 is 10.2 Å². The molecule has 0 atom stereocenters. The Labute approximate surface area is 141 Å². The zero-order chi connectivity index (χ0) is 16.9. The highest BCUT2D eigenvalue weighted by Gasteiger charge is 2.28. The molecular weight excluding hydrogens is 280 g/mol. The van der Waals surface area contributed by atoms with Gasteiger partial charge in [-0.05, 0) is 50.5 Å². The Morgan fingerprint density at radius 2 is 1.30 bits per heavy atom. The molecule has 2 nitrogen and oxygen atoms in total. The molecule has 0 aliphatic heterocycles. The Bertz CT molecular complexity index is 582. The standard InChI is InChI=1S/C21H30N2/c1-20(2,3)23(19-14-10-7-11-15-19)17-21(4,5)16-22-18-12-8-6-9-13-18/h6-15,22H,16-17H2,1-5H3. The van der Waals surface area contributed by atoms with Gasteiger partial charge in [-0.2, -0.15) is 0 Å². The summed E-state index contributed by atoms with van der Waals surface area (Å²) in [4.78, 5) is 2.50. The third kappa shape index (κ3) is 5.31. The number of rotatable bonds is 6. The lowest BCUT2D eigenvalue weighted by atomic mass is 9.89. The number of para-hydroxylation sites is 2. The molecule has 0 spiro atoms. The zero-order valence-corrected chi connectivity index (χ0v) is 15.1. The first-order valence-corrected chi connectivity index (χ1v) is 8.40. The van der Waals surface area contributed by atoms with E-state index in [9.17, 15) is 0 Å². The molecule has 0 aliphatic carbocycles. The third-order valence-electron chi connectivity index (χ3n) is 4.01. The molecule has 2 heteroatoms. The molecule has 0 aliphatic rings. The van der Waals surface area contributed by atoms with E-state index < -0.39 is 0 Å². The second kappa shape index (κ2) is 7.08. The lowest BCUT2D eigenvalue weighted by Crippen LogP contribution is -2.48. The summed E-state index contributed by atoms with van der Waals surface area (Å²) in [7, 11) is 0. The molecule has 0 fully saturated rings. The Kier molecular flexibility index (Phi) is 5.35. The van der Waals surface area contributed by atoms with Crippen LogP contribution in [0.4, 0.5) is 11.4 Å². The smallest absolute Gasteiger partial charge is 0.0370 e. The monoisotopic (exact) mass is 310 g/mol. The van der Waals surface area contributed by atoms with E-state index in [-0.39, 0.29) is 11.0 Å². The number of benzene rings is 2. The Morgan fingerprint density at radius 1 is 0.783 bits per heavy atom. The molecule has 124 valence electrons. The molecule has 0 saturated carbocycles. The predicted octanol–water partition coefficient (Wildman–Crippen LogP) is 5.43. The first kappa shape index (κ1) is 17.4. The van der Waals surface area contributed by atoms with Crippen molar-refractivity contribution in [2.45, 2.75) is 40.2 Å². The maximum absolute atomic E-state index is 3.57. The largest absolute Gasteiger partial charge is 0.384 e. The summed E-state index contributed by atoms with van der Waals surface area (Å²) in [5, 5.41) is 3.57. The maximum Gasteiger partial charge on any atom is 0.0370 e. The van der Waals surface area contributed by atoms with Gasteiger partial charge < -0.3 is 10.2 Å². The third-order valence-corrected chi connectivity index (χ3v) is 4.01. The summed E-state index contributed by atoms with van der Waals surface area (Å²) in [5.74, 6) is 0. The minimum absolute atomic E-state index is 0.0887. The SMILES string of the molecule is CC(C)(CNc1ccccc1)CN(c1ccccc1)C(C)(C)C. The molecule has 0 saturated heterocycles. The number of hydrogen-bond acceptors (Lipinski definition) is 2. The molecule has 2 aromatic rings. The van der Waals surface area contributed by atoms with Crippen molar-refractivity contribution in [2.75, 3.05) is 23.3 Å². The van der Waals surface area contributed by atoms with E-state index >= 15 is 0 Å². The molecule has 1 N–H and O–H groups in total. The van der Waals surface area contributed by atoms with Crippen LogP contribution in [0.5, 0.6) is 0 Å². The van der Waals surface area contributed by atoms with Crippen LogP contribution in [0.15, 0.2) is 60.7 Å². The molecule has 0 amide bonds. The number of nitrogens with one attached hydrogen (secondary N) is 1. The quantitative estimate of drug-likeness (QED) is 0.765. The summed E-state index contributed by atoms with van der Waals surface area (Å²) >= 11 is 0. The summed E-state index contributed by atoms with van der Waals surface area (Å²) in [6, 6.07) is 21.1. The Hall–Kier alpha value is -1.96. The molecule has 2 aromatic carbocycles. The average molecular weight is 310 g/mol. The second-order valence-corrected chi connectivity index (χ2v) is 7.98. The second-order valence-electron chi connectivity index (χ2n) is 7.98. The van der Waals surface area contributed by atoms with E-state index in [0.717, 1.165) is 13.1 Å². The van der Waals surface area contributed by atoms with Gasteiger partial charge in [0.2, 0.25) is 0 Å². The zero-order valence-electron chi connectivity index (χ0n) is 15.1. The Balaban J connectivity index is 2.08. The van der Waals surface area contributed by atoms with Crippen LogP contribution in [0.3, 0.4) is 0 Å². The van der Waals surface area contributed by atoms with Gasteiger partial charge in [0.15, 0.2) is 0 Å². The van der Waals surface area contributed by atoms with E-state index in [2.05, 4.69) is 99.4 Å². The van der Waals surface area contributed by atoms with Crippen molar-refractivity contribution in [1.29, 1.82) is 0 Å². The van der Waals surface area contributed by atoms with E-state index in [1.54, 1.807) is 0 Å². The van der Waals surface area contributed by atoms with Gasteiger partial charge in [-0.15, -0.1) is 0 Å². The van der Waals surface area contributed by atoms with Crippen LogP contribution in [0.1, 0.15) is 34.6 Å². The van der Waals surface area contributed by atoms with Crippen molar-refractivity contribution in [1.82, 2.24) is 0 Å². The predicted molar refractivity (Wildman–Crippen MR) is 102 cm³/mol. The molecule has 0 heterocycles. The van der Waals surface area contributed by atoms with Gasteiger partial charge in [-0.1, -0.05) is 50.2 Å². The fourth-order valence-electron chi connectivity index (χ4n) is 2.70. The van der Waals surface area contributed by atoms with Gasteiger partial charge in [0, 0.05) is 30.0 Å². The van der Waals surface area contributed by atoms with Crippen molar-refractivity contribution in [3.8, 4) is 0 Å². The van der Waals surface area contributed by atoms with Crippen LogP contribution in [0, 0.1) is 5.41 Å². The molecule has 2 rings (SSSR count). The first-order valence-electron chi connectivity index (χ1n) is 8.40.